The van der Waals surface area contributed by atoms with E-state index in [2.05, 4.69) is 27.7 Å². The molecule has 0 spiro atoms. The van der Waals surface area contributed by atoms with Gasteiger partial charge in [0.25, 0.3) is 0 Å². The number of rotatable bonds is 3. The van der Waals surface area contributed by atoms with E-state index in [1.807, 2.05) is 37.3 Å². The summed E-state index contributed by atoms with van der Waals surface area (Å²) in [6.45, 7) is 10.9. The van der Waals surface area contributed by atoms with E-state index in [-0.39, 0.29) is 0 Å². The Morgan fingerprint density at radius 1 is 0.806 bits per heavy atom. The van der Waals surface area contributed by atoms with Gasteiger partial charge in [-0.1, -0.05) is 108 Å². The van der Waals surface area contributed by atoms with Gasteiger partial charge >= 0.3 is 21.4 Å². The summed E-state index contributed by atoms with van der Waals surface area (Å²) < 4.78 is 4.98. The summed E-state index contributed by atoms with van der Waals surface area (Å²) in [6.07, 6.45) is 3.82. The summed E-state index contributed by atoms with van der Waals surface area (Å²) in [5, 5.41) is 42.5. The van der Waals surface area contributed by atoms with Crippen LogP contribution in [0, 0.1) is 0 Å². The van der Waals surface area contributed by atoms with Gasteiger partial charge in [-0.05, 0) is 22.8 Å². The van der Waals surface area contributed by atoms with Gasteiger partial charge in [0, 0.05) is 0 Å². The number of benzene rings is 2. The van der Waals surface area contributed by atoms with Crippen molar-refractivity contribution in [2.24, 2.45) is 0 Å². The van der Waals surface area contributed by atoms with E-state index in [9.17, 15) is 0 Å². The monoisotopic (exact) mass is 432 g/mol. The lowest BCUT2D eigenvalue weighted by atomic mass is 9.80. The van der Waals surface area contributed by atoms with Crippen molar-refractivity contribution in [1.29, 1.82) is 0 Å². The quantitative estimate of drug-likeness (QED) is 0.475. The van der Waals surface area contributed by atoms with Crippen LogP contribution in [-0.2, 0) is 11.3 Å². The highest BCUT2D eigenvalue weighted by Gasteiger charge is 2.25. The molecule has 172 valence electrons. The number of hydrogen-bond donors (Lipinski definition) is 5. The molecule has 0 radical (unpaired) electrons. The maximum atomic E-state index is 9.16. The van der Waals surface area contributed by atoms with Crippen molar-refractivity contribution in [2.45, 2.75) is 66.8 Å². The van der Waals surface area contributed by atoms with Crippen LogP contribution in [0.5, 0.6) is 0 Å². The van der Waals surface area contributed by atoms with E-state index in [1.54, 1.807) is 24.3 Å². The van der Waals surface area contributed by atoms with Gasteiger partial charge < -0.3 is 29.8 Å². The standard InChI is InChI=1S/C7H7BO2.C6H7BO2.C3H9BO2.2C3H8/c9-8-7-4-2-1-3-6(7)5-10-8;8-7(9)6-4-2-1-3-5-6;1-2-3-4(5)6;2*1-3-2/h1-4,9H,5H2;1-5,8-9H;5-6H,2-3H2,1H3;2*3H2,1-2H3. The Balaban J connectivity index is 0. The Morgan fingerprint density at radius 2 is 1.29 bits per heavy atom. The molecule has 0 saturated carbocycles. The lowest BCUT2D eigenvalue weighted by Gasteiger charge is -1.94. The Morgan fingerprint density at radius 3 is 1.65 bits per heavy atom. The van der Waals surface area contributed by atoms with Crippen LogP contribution in [0.25, 0.3) is 0 Å². The highest BCUT2D eigenvalue weighted by molar-refractivity contribution is 6.61. The Bertz CT molecular complexity index is 628. The zero-order valence-electron chi connectivity index (χ0n) is 19.6. The van der Waals surface area contributed by atoms with Gasteiger partial charge in [-0.15, -0.1) is 0 Å². The molecular weight excluding hydrogens is 393 g/mol. The van der Waals surface area contributed by atoms with E-state index in [0.717, 1.165) is 17.4 Å². The zero-order valence-corrected chi connectivity index (χ0v) is 19.6. The zero-order chi connectivity index (χ0) is 24.1. The molecule has 0 unspecified atom stereocenters. The van der Waals surface area contributed by atoms with Crippen molar-refractivity contribution in [1.82, 2.24) is 0 Å². The van der Waals surface area contributed by atoms with E-state index < -0.39 is 21.4 Å². The largest absolute Gasteiger partial charge is 0.491 e. The summed E-state index contributed by atoms with van der Waals surface area (Å²) in [5.41, 5.74) is 2.52. The predicted molar refractivity (Wildman–Crippen MR) is 132 cm³/mol. The summed E-state index contributed by atoms with van der Waals surface area (Å²) in [6, 6.07) is 16.3. The normalized spacial score (nSPS) is 10.5. The number of hydrogen-bond acceptors (Lipinski definition) is 6. The molecule has 0 atom stereocenters. The number of fused-ring (bicyclic) bond motifs is 1. The van der Waals surface area contributed by atoms with Gasteiger partial charge in [0.05, 0.1) is 6.61 Å². The lowest BCUT2D eigenvalue weighted by Crippen LogP contribution is -2.29. The molecule has 3 rings (SSSR count). The summed E-state index contributed by atoms with van der Waals surface area (Å²) in [5.74, 6) is 0. The van der Waals surface area contributed by atoms with Crippen LogP contribution in [0.2, 0.25) is 6.32 Å². The highest BCUT2D eigenvalue weighted by Crippen LogP contribution is 2.07. The molecule has 31 heavy (non-hydrogen) atoms. The van der Waals surface area contributed by atoms with Crippen LogP contribution < -0.4 is 10.9 Å². The third-order valence-electron chi connectivity index (χ3n) is 3.36. The van der Waals surface area contributed by atoms with Gasteiger partial charge in [0.1, 0.15) is 0 Å². The van der Waals surface area contributed by atoms with Gasteiger partial charge in [-0.3, -0.25) is 0 Å². The molecule has 1 aliphatic rings. The van der Waals surface area contributed by atoms with Gasteiger partial charge in [-0.2, -0.15) is 0 Å². The van der Waals surface area contributed by atoms with E-state index in [1.165, 1.54) is 12.8 Å². The minimum atomic E-state index is -1.34. The van der Waals surface area contributed by atoms with Crippen LogP contribution in [0.15, 0.2) is 54.6 Å². The molecule has 5 N–H and O–H groups in total. The fourth-order valence-electron chi connectivity index (χ4n) is 2.05. The first-order chi connectivity index (χ1) is 14.8. The summed E-state index contributed by atoms with van der Waals surface area (Å²) in [4.78, 5) is 0. The average molecular weight is 432 g/mol. The molecular formula is C22H39B3O6. The second-order valence-electron chi connectivity index (χ2n) is 6.83. The lowest BCUT2D eigenvalue weighted by molar-refractivity contribution is 0.275. The molecule has 6 nitrogen and oxygen atoms in total. The first kappa shape index (κ1) is 31.6. The minimum Gasteiger partial charge on any atom is -0.427 e. The molecule has 2 aromatic rings. The fraction of sp³-hybridized carbons (Fsp3) is 0.455. The second kappa shape index (κ2) is 21.6. The maximum Gasteiger partial charge on any atom is 0.491 e. The van der Waals surface area contributed by atoms with Crippen molar-refractivity contribution in [3.05, 3.63) is 60.2 Å². The maximum absolute atomic E-state index is 9.16. The van der Waals surface area contributed by atoms with Gasteiger partial charge in [0.2, 0.25) is 0 Å². The van der Waals surface area contributed by atoms with Crippen molar-refractivity contribution >= 4 is 32.3 Å². The smallest absolute Gasteiger partial charge is 0.427 e. The highest BCUT2D eigenvalue weighted by atomic mass is 16.5. The van der Waals surface area contributed by atoms with Gasteiger partial charge in [-0.25, -0.2) is 0 Å². The molecule has 0 amide bonds. The van der Waals surface area contributed by atoms with Crippen molar-refractivity contribution in [2.75, 3.05) is 0 Å². The van der Waals surface area contributed by atoms with Crippen LogP contribution in [0.1, 0.15) is 59.4 Å². The van der Waals surface area contributed by atoms with Crippen molar-refractivity contribution in [3.8, 4) is 0 Å². The Labute approximate surface area is 189 Å². The van der Waals surface area contributed by atoms with Crippen molar-refractivity contribution < 1.29 is 29.8 Å². The molecule has 0 aliphatic carbocycles. The third-order valence-corrected chi connectivity index (χ3v) is 3.36. The topological polar surface area (TPSA) is 110 Å². The molecule has 0 fully saturated rings. The molecule has 0 bridgehead atoms. The van der Waals surface area contributed by atoms with Crippen LogP contribution in [-0.4, -0.2) is 46.5 Å². The van der Waals surface area contributed by atoms with E-state index >= 15 is 0 Å². The molecule has 1 aliphatic heterocycles. The van der Waals surface area contributed by atoms with E-state index in [4.69, 9.17) is 29.8 Å². The molecule has 9 heteroatoms. The molecule has 0 saturated heterocycles. The van der Waals surface area contributed by atoms with Crippen LogP contribution >= 0.6 is 0 Å². The average Bonchev–Trinajstić information content (AvgIpc) is 3.12. The SMILES string of the molecule is CCC.CCC.CCCB(O)O.OB(O)c1ccccc1.OB1OCc2ccccc21. The summed E-state index contributed by atoms with van der Waals surface area (Å²) >= 11 is 0. The van der Waals surface area contributed by atoms with Crippen LogP contribution in [0.3, 0.4) is 0 Å². The third kappa shape index (κ3) is 17.7. The molecule has 0 aromatic heterocycles. The first-order valence-electron chi connectivity index (χ1n) is 10.9. The molecule has 2 aromatic carbocycles. The predicted octanol–water partition coefficient (Wildman–Crippen LogP) is 1.97. The van der Waals surface area contributed by atoms with E-state index in [0.29, 0.717) is 18.4 Å². The first-order valence-corrected chi connectivity index (χ1v) is 10.9. The second-order valence-corrected chi connectivity index (χ2v) is 6.83. The fourth-order valence-corrected chi connectivity index (χ4v) is 2.05. The minimum absolute atomic E-state index is 0.486. The molecule has 1 heterocycles. The Hall–Kier alpha value is -1.61. The van der Waals surface area contributed by atoms with Gasteiger partial charge in [0.15, 0.2) is 0 Å². The van der Waals surface area contributed by atoms with Crippen LogP contribution in [0.4, 0.5) is 0 Å². The summed E-state index contributed by atoms with van der Waals surface area (Å²) in [7, 11) is -3.14. The Kier molecular flexibility index (Phi) is 22.0. The van der Waals surface area contributed by atoms with Crippen molar-refractivity contribution in [3.63, 3.8) is 0 Å².